The van der Waals surface area contributed by atoms with E-state index in [-0.39, 0.29) is 36.0 Å². The molecular formula is C27H40O5. The molecule has 178 valence electrons. The summed E-state index contributed by atoms with van der Waals surface area (Å²) in [7, 11) is 0. The third-order valence-electron chi connectivity index (χ3n) is 7.14. The molecular weight excluding hydrogens is 404 g/mol. The molecule has 2 rings (SSSR count). The molecule has 0 aromatic heterocycles. The zero-order chi connectivity index (χ0) is 24.1. The van der Waals surface area contributed by atoms with Gasteiger partial charge in [-0.1, -0.05) is 43.2 Å². The number of fused-ring (bicyclic) bond motifs is 1. The highest BCUT2D eigenvalue weighted by Crippen LogP contribution is 2.50. The second-order valence-corrected chi connectivity index (χ2v) is 9.89. The lowest BCUT2D eigenvalue weighted by Crippen LogP contribution is -2.32. The van der Waals surface area contributed by atoms with Crippen molar-refractivity contribution in [3.8, 4) is 0 Å². The molecule has 32 heavy (non-hydrogen) atoms. The lowest BCUT2D eigenvalue weighted by Gasteiger charge is -2.32. The third kappa shape index (κ3) is 6.22. The van der Waals surface area contributed by atoms with Gasteiger partial charge in [0.1, 0.15) is 0 Å². The number of allylic oxidation sites excluding steroid dienone is 6. The van der Waals surface area contributed by atoms with Crippen molar-refractivity contribution in [2.45, 2.75) is 86.2 Å². The Kier molecular flexibility index (Phi) is 9.08. The minimum Gasteiger partial charge on any atom is -0.504 e. The Bertz CT molecular complexity index is 844. The van der Waals surface area contributed by atoms with Crippen molar-refractivity contribution in [1.82, 2.24) is 0 Å². The van der Waals surface area contributed by atoms with E-state index >= 15 is 0 Å². The van der Waals surface area contributed by atoms with Gasteiger partial charge in [-0.15, -0.1) is 0 Å². The van der Waals surface area contributed by atoms with E-state index in [9.17, 15) is 19.8 Å². The topological polar surface area (TPSA) is 83.8 Å². The summed E-state index contributed by atoms with van der Waals surface area (Å²) in [6.07, 6.45) is 10.3. The highest BCUT2D eigenvalue weighted by Gasteiger charge is 2.51. The fourth-order valence-electron chi connectivity index (χ4n) is 4.77. The molecule has 0 unspecified atom stereocenters. The van der Waals surface area contributed by atoms with E-state index in [0.717, 1.165) is 24.8 Å². The number of hydrogen-bond donors (Lipinski definition) is 2. The molecule has 0 saturated carbocycles. The van der Waals surface area contributed by atoms with Crippen LogP contribution in [0.5, 0.6) is 0 Å². The number of Topliss-reactive ketones (excluding diaryl/α,β-unsaturated/α-hetero) is 1. The Balaban J connectivity index is 2.45. The molecule has 5 heteroatoms. The van der Waals surface area contributed by atoms with Crippen LogP contribution in [0.25, 0.3) is 0 Å². The van der Waals surface area contributed by atoms with Crippen LogP contribution in [0.3, 0.4) is 0 Å². The van der Waals surface area contributed by atoms with E-state index in [2.05, 4.69) is 26.0 Å². The molecule has 0 aromatic carbocycles. The Morgan fingerprint density at radius 3 is 2.50 bits per heavy atom. The number of aliphatic hydroxyl groups excluding tert-OH is 2. The number of esters is 1. The summed E-state index contributed by atoms with van der Waals surface area (Å²) in [5, 5.41) is 21.5. The first-order chi connectivity index (χ1) is 15.0. The van der Waals surface area contributed by atoms with Crippen molar-refractivity contribution in [2.24, 2.45) is 17.3 Å². The fraction of sp³-hybridized carbons (Fsp3) is 0.630. The lowest BCUT2D eigenvalue weighted by molar-refractivity contribution is -0.141. The lowest BCUT2D eigenvalue weighted by atomic mass is 9.70. The minimum atomic E-state index is -0.779. The quantitative estimate of drug-likeness (QED) is 0.427. The number of rotatable bonds is 3. The summed E-state index contributed by atoms with van der Waals surface area (Å²) in [6.45, 7) is 11.4. The first-order valence-corrected chi connectivity index (χ1v) is 11.7. The number of ketones is 1. The summed E-state index contributed by atoms with van der Waals surface area (Å²) < 4.78 is 5.19. The third-order valence-corrected chi connectivity index (χ3v) is 7.14. The van der Waals surface area contributed by atoms with Crippen molar-refractivity contribution in [3.63, 3.8) is 0 Å². The summed E-state index contributed by atoms with van der Waals surface area (Å²) in [5.74, 6) is -1.31. The van der Waals surface area contributed by atoms with Crippen LogP contribution < -0.4 is 0 Å². The van der Waals surface area contributed by atoms with Crippen LogP contribution in [-0.2, 0) is 14.3 Å². The van der Waals surface area contributed by atoms with E-state index < -0.39 is 11.5 Å². The molecule has 0 bridgehead atoms. The monoisotopic (exact) mass is 444 g/mol. The van der Waals surface area contributed by atoms with Crippen LogP contribution in [0.4, 0.5) is 0 Å². The molecule has 0 aromatic rings. The van der Waals surface area contributed by atoms with Gasteiger partial charge in [-0.3, -0.25) is 9.59 Å². The Labute approximate surface area is 192 Å². The maximum atomic E-state index is 13.3. The minimum absolute atomic E-state index is 0.125. The number of carbonyl (C=O) groups is 2. The van der Waals surface area contributed by atoms with Gasteiger partial charge in [0.05, 0.1) is 12.7 Å². The van der Waals surface area contributed by atoms with Gasteiger partial charge in [-0.2, -0.15) is 0 Å². The molecule has 0 amide bonds. The van der Waals surface area contributed by atoms with Crippen LogP contribution in [-0.4, -0.2) is 34.7 Å². The zero-order valence-corrected chi connectivity index (χ0v) is 20.5. The van der Waals surface area contributed by atoms with Gasteiger partial charge in [0.2, 0.25) is 5.78 Å². The van der Waals surface area contributed by atoms with Crippen molar-refractivity contribution in [2.75, 3.05) is 6.61 Å². The first kappa shape index (κ1) is 26.1. The van der Waals surface area contributed by atoms with E-state index in [0.29, 0.717) is 24.8 Å². The number of carbonyl (C=O) groups excluding carboxylic acids is 2. The molecule has 2 N–H and O–H groups in total. The molecule has 4 atom stereocenters. The highest BCUT2D eigenvalue weighted by atomic mass is 16.5. The van der Waals surface area contributed by atoms with Crippen molar-refractivity contribution in [3.05, 3.63) is 46.3 Å². The first-order valence-electron chi connectivity index (χ1n) is 11.7. The largest absolute Gasteiger partial charge is 0.504 e. The van der Waals surface area contributed by atoms with Gasteiger partial charge in [-0.25, -0.2) is 0 Å². The second kappa shape index (κ2) is 11.1. The van der Waals surface area contributed by atoms with Gasteiger partial charge < -0.3 is 14.9 Å². The molecule has 0 saturated heterocycles. The Morgan fingerprint density at radius 2 is 1.84 bits per heavy atom. The van der Waals surface area contributed by atoms with Crippen molar-refractivity contribution >= 4 is 11.8 Å². The maximum Gasteiger partial charge on any atom is 0.302 e. The van der Waals surface area contributed by atoms with Crippen LogP contribution >= 0.6 is 0 Å². The van der Waals surface area contributed by atoms with Gasteiger partial charge in [0.15, 0.2) is 5.76 Å². The van der Waals surface area contributed by atoms with Gasteiger partial charge in [0.25, 0.3) is 0 Å². The van der Waals surface area contributed by atoms with E-state index in [1.54, 1.807) is 0 Å². The zero-order valence-electron chi connectivity index (χ0n) is 20.5. The Hall–Kier alpha value is -2.14. The average molecular weight is 445 g/mol. The van der Waals surface area contributed by atoms with E-state index in [1.807, 2.05) is 26.8 Å². The summed E-state index contributed by atoms with van der Waals surface area (Å²) in [4.78, 5) is 24.6. The van der Waals surface area contributed by atoms with E-state index in [1.165, 1.54) is 18.1 Å². The highest BCUT2D eigenvalue weighted by molar-refractivity contribution is 6.02. The summed E-state index contributed by atoms with van der Waals surface area (Å²) in [5.41, 5.74) is 3.27. The molecule has 0 radical (unpaired) electrons. The normalized spacial score (nSPS) is 34.1. The maximum absolute atomic E-state index is 13.3. The second-order valence-electron chi connectivity index (χ2n) is 9.89. The molecule has 5 nitrogen and oxygen atoms in total. The number of ether oxygens (including phenoxy) is 1. The van der Waals surface area contributed by atoms with Crippen molar-refractivity contribution in [1.29, 1.82) is 0 Å². The molecule has 2 aliphatic rings. The number of aliphatic hydroxyl groups is 2. The molecule has 2 aliphatic carbocycles. The SMILES string of the molecule is CC(=O)OC[C@@H](C)C1=C(O)C(=O)[C@]2(C)C/C=C(\C)CC/C=C(\C)CC[C@@H](O)/C(C)=C/C[C@@H]12. The van der Waals surface area contributed by atoms with Crippen LogP contribution in [0.15, 0.2) is 46.3 Å². The molecule has 0 spiro atoms. The predicted molar refractivity (Wildman–Crippen MR) is 127 cm³/mol. The van der Waals surface area contributed by atoms with E-state index in [4.69, 9.17) is 4.74 Å². The smallest absolute Gasteiger partial charge is 0.302 e. The fourth-order valence-corrected chi connectivity index (χ4v) is 4.77. The summed E-state index contributed by atoms with van der Waals surface area (Å²) >= 11 is 0. The molecule has 0 fully saturated rings. The van der Waals surface area contributed by atoms with Crippen molar-refractivity contribution < 1.29 is 24.5 Å². The molecule has 0 aliphatic heterocycles. The Morgan fingerprint density at radius 1 is 1.19 bits per heavy atom. The van der Waals surface area contributed by atoms with Crippen LogP contribution in [0, 0.1) is 17.3 Å². The predicted octanol–water partition coefficient (Wildman–Crippen LogP) is 5.76. The summed E-state index contributed by atoms with van der Waals surface area (Å²) in [6, 6.07) is 0. The van der Waals surface area contributed by atoms with Gasteiger partial charge in [-0.05, 0) is 70.4 Å². The average Bonchev–Trinajstić information content (AvgIpc) is 2.92. The number of hydrogen-bond acceptors (Lipinski definition) is 5. The van der Waals surface area contributed by atoms with Gasteiger partial charge in [0, 0.05) is 24.2 Å². The standard InChI is InChI=1S/C27H40O5/c1-17-8-7-9-18(2)14-15-27(6)22(12-11-19(3)23(29)13-10-17)24(25(30)26(27)31)20(4)16-32-21(5)28/h8,11,14,20,22-23,29-30H,7,9-10,12-13,15-16H2,1-6H3/b17-8+,18-14+,19-11+/t20-,22+,23-,27-/m1/s1. The van der Waals surface area contributed by atoms with Crippen LogP contribution in [0.1, 0.15) is 80.1 Å². The molecule has 0 heterocycles. The van der Waals surface area contributed by atoms with Gasteiger partial charge >= 0.3 is 5.97 Å². The van der Waals surface area contributed by atoms with Crippen LogP contribution in [0.2, 0.25) is 0 Å².